The molecule has 0 unspecified atom stereocenters. The third-order valence-corrected chi connectivity index (χ3v) is 3.71. The molecule has 98 valence electrons. The number of aryl methyl sites for hydroxylation is 1. The van der Waals surface area contributed by atoms with Crippen LogP contribution in [-0.2, 0) is 0 Å². The number of aromatic nitrogens is 1. The number of hydrogen-bond donors (Lipinski definition) is 2. The molecule has 0 amide bonds. The molecule has 0 bridgehead atoms. The Kier molecular flexibility index (Phi) is 3.55. The van der Waals surface area contributed by atoms with E-state index in [1.165, 1.54) is 18.3 Å². The van der Waals surface area contributed by atoms with Crippen LogP contribution in [0.4, 0.5) is 0 Å². The Hall–Kier alpha value is -1.92. The lowest BCUT2D eigenvalue weighted by Gasteiger charge is -2.10. The number of carboxylic acid groups (broad SMARTS) is 2. The fourth-order valence-electron chi connectivity index (χ4n) is 1.78. The summed E-state index contributed by atoms with van der Waals surface area (Å²) in [6.07, 6.45) is 1.38. The van der Waals surface area contributed by atoms with Crippen molar-refractivity contribution in [2.24, 2.45) is 0 Å². The number of halogens is 1. The van der Waals surface area contributed by atoms with Gasteiger partial charge in [-0.05, 0) is 18.6 Å². The fraction of sp³-hybridized carbons (Fsp3) is 0.0833. The summed E-state index contributed by atoms with van der Waals surface area (Å²) in [5.74, 6) is -2.37. The first-order valence-electron chi connectivity index (χ1n) is 5.13. The third kappa shape index (κ3) is 2.45. The molecular formula is C12H8ClNO4S. The number of hydrogen-bond acceptors (Lipinski definition) is 4. The summed E-state index contributed by atoms with van der Waals surface area (Å²) in [6.45, 7) is 1.61. The van der Waals surface area contributed by atoms with Crippen LogP contribution in [-0.4, -0.2) is 27.1 Å². The van der Waals surface area contributed by atoms with Crippen molar-refractivity contribution in [3.8, 4) is 10.4 Å². The summed E-state index contributed by atoms with van der Waals surface area (Å²) in [4.78, 5) is 26.8. The molecule has 0 aliphatic heterocycles. The van der Waals surface area contributed by atoms with Gasteiger partial charge in [0.05, 0.1) is 16.0 Å². The summed E-state index contributed by atoms with van der Waals surface area (Å²) in [5, 5.41) is 18.5. The molecule has 1 aromatic carbocycles. The van der Waals surface area contributed by atoms with Crippen LogP contribution in [0.1, 0.15) is 26.3 Å². The van der Waals surface area contributed by atoms with E-state index in [2.05, 4.69) is 4.98 Å². The zero-order chi connectivity index (χ0) is 14.2. The van der Waals surface area contributed by atoms with Crippen LogP contribution in [0.15, 0.2) is 18.3 Å². The summed E-state index contributed by atoms with van der Waals surface area (Å²) in [5.41, 5.74) is 0.505. The number of thiazole rings is 1. The summed E-state index contributed by atoms with van der Waals surface area (Å²) >= 11 is 6.77. The number of benzene rings is 1. The molecule has 1 heterocycles. The number of rotatable bonds is 3. The van der Waals surface area contributed by atoms with E-state index in [-0.39, 0.29) is 21.2 Å². The smallest absolute Gasteiger partial charge is 0.336 e. The summed E-state index contributed by atoms with van der Waals surface area (Å²) < 4.78 is 0.226. The Labute approximate surface area is 117 Å². The first kappa shape index (κ1) is 13.5. The standard InChI is InChI=1S/C12H8ClNO4S/c1-5-2-3-6(10(15)16)9(8(5)11(17)18)7-4-14-12(13)19-7/h2-4H,1H3,(H,15,16)(H,17,18). The van der Waals surface area contributed by atoms with Gasteiger partial charge in [-0.25, -0.2) is 14.6 Å². The Morgan fingerprint density at radius 2 is 1.95 bits per heavy atom. The Balaban J connectivity index is 2.84. The minimum atomic E-state index is -1.19. The number of aromatic carboxylic acids is 2. The van der Waals surface area contributed by atoms with Crippen molar-refractivity contribution in [3.05, 3.63) is 39.5 Å². The molecule has 0 spiro atoms. The first-order chi connectivity index (χ1) is 8.91. The fourth-order valence-corrected chi connectivity index (χ4v) is 2.79. The van der Waals surface area contributed by atoms with Crippen LogP contribution in [0.2, 0.25) is 4.47 Å². The van der Waals surface area contributed by atoms with Gasteiger partial charge in [0.25, 0.3) is 0 Å². The molecule has 2 rings (SSSR count). The third-order valence-electron chi connectivity index (χ3n) is 2.58. The summed E-state index contributed by atoms with van der Waals surface area (Å²) in [6, 6.07) is 2.85. The molecule has 0 aliphatic carbocycles. The van der Waals surface area contributed by atoms with Crippen LogP contribution in [0, 0.1) is 6.92 Å². The van der Waals surface area contributed by atoms with Gasteiger partial charge in [-0.1, -0.05) is 17.7 Å². The molecule has 0 fully saturated rings. The Bertz CT molecular complexity index is 680. The van der Waals surface area contributed by atoms with Crippen molar-refractivity contribution in [2.75, 3.05) is 0 Å². The molecule has 7 heteroatoms. The van der Waals surface area contributed by atoms with E-state index in [0.29, 0.717) is 10.4 Å². The van der Waals surface area contributed by atoms with Gasteiger partial charge in [-0.2, -0.15) is 0 Å². The van der Waals surface area contributed by atoms with E-state index in [4.69, 9.17) is 11.6 Å². The van der Waals surface area contributed by atoms with Gasteiger partial charge >= 0.3 is 11.9 Å². The van der Waals surface area contributed by atoms with Crippen molar-refractivity contribution in [2.45, 2.75) is 6.92 Å². The maximum absolute atomic E-state index is 11.4. The minimum absolute atomic E-state index is 0.0415. The first-order valence-corrected chi connectivity index (χ1v) is 6.33. The molecule has 2 N–H and O–H groups in total. The van der Waals surface area contributed by atoms with E-state index < -0.39 is 11.9 Å². The van der Waals surface area contributed by atoms with Crippen molar-refractivity contribution in [1.82, 2.24) is 4.98 Å². The topological polar surface area (TPSA) is 87.5 Å². The zero-order valence-corrected chi connectivity index (χ0v) is 11.2. The van der Waals surface area contributed by atoms with Crippen LogP contribution >= 0.6 is 22.9 Å². The second-order valence-electron chi connectivity index (χ2n) is 3.77. The van der Waals surface area contributed by atoms with Crippen molar-refractivity contribution < 1.29 is 19.8 Å². The van der Waals surface area contributed by atoms with E-state index >= 15 is 0 Å². The molecule has 19 heavy (non-hydrogen) atoms. The maximum Gasteiger partial charge on any atom is 0.336 e. The summed E-state index contributed by atoms with van der Waals surface area (Å²) in [7, 11) is 0. The molecule has 0 saturated heterocycles. The predicted molar refractivity (Wildman–Crippen MR) is 71.2 cm³/mol. The van der Waals surface area contributed by atoms with Crippen LogP contribution in [0.25, 0.3) is 10.4 Å². The van der Waals surface area contributed by atoms with E-state index in [1.54, 1.807) is 6.92 Å². The van der Waals surface area contributed by atoms with E-state index in [9.17, 15) is 19.8 Å². The largest absolute Gasteiger partial charge is 0.478 e. The monoisotopic (exact) mass is 297 g/mol. The average Bonchev–Trinajstić information content (AvgIpc) is 2.74. The zero-order valence-electron chi connectivity index (χ0n) is 9.68. The minimum Gasteiger partial charge on any atom is -0.478 e. The SMILES string of the molecule is Cc1ccc(C(=O)O)c(-c2cnc(Cl)s2)c1C(=O)O. The number of carboxylic acids is 2. The molecule has 5 nitrogen and oxygen atoms in total. The van der Waals surface area contributed by atoms with Gasteiger partial charge in [0, 0.05) is 11.8 Å². The number of nitrogens with zero attached hydrogens (tertiary/aromatic N) is 1. The Morgan fingerprint density at radius 1 is 1.26 bits per heavy atom. The highest BCUT2D eigenvalue weighted by Crippen LogP contribution is 2.35. The van der Waals surface area contributed by atoms with Gasteiger partial charge in [-0.3, -0.25) is 0 Å². The molecule has 1 aromatic heterocycles. The molecule has 0 aliphatic rings. The molecule has 0 atom stereocenters. The van der Waals surface area contributed by atoms with Crippen LogP contribution in [0.3, 0.4) is 0 Å². The highest BCUT2D eigenvalue weighted by molar-refractivity contribution is 7.19. The quantitative estimate of drug-likeness (QED) is 0.908. The lowest BCUT2D eigenvalue weighted by atomic mass is 9.95. The van der Waals surface area contributed by atoms with Crippen molar-refractivity contribution >= 4 is 34.9 Å². The number of carbonyl (C=O) groups is 2. The molecule has 2 aromatic rings. The van der Waals surface area contributed by atoms with Gasteiger partial charge in [0.2, 0.25) is 0 Å². The van der Waals surface area contributed by atoms with Gasteiger partial charge in [-0.15, -0.1) is 11.3 Å². The van der Waals surface area contributed by atoms with Gasteiger partial charge in [0.15, 0.2) is 4.47 Å². The lowest BCUT2D eigenvalue weighted by Crippen LogP contribution is -2.08. The van der Waals surface area contributed by atoms with Crippen molar-refractivity contribution in [1.29, 1.82) is 0 Å². The molecule has 0 radical (unpaired) electrons. The highest BCUT2D eigenvalue weighted by atomic mass is 35.5. The Morgan fingerprint density at radius 3 is 2.42 bits per heavy atom. The van der Waals surface area contributed by atoms with Gasteiger partial charge < -0.3 is 10.2 Å². The normalized spacial score (nSPS) is 10.4. The maximum atomic E-state index is 11.4. The molecular weight excluding hydrogens is 290 g/mol. The lowest BCUT2D eigenvalue weighted by molar-refractivity contribution is 0.0695. The van der Waals surface area contributed by atoms with E-state index in [1.807, 2.05) is 0 Å². The second kappa shape index (κ2) is 4.99. The van der Waals surface area contributed by atoms with E-state index in [0.717, 1.165) is 11.3 Å². The average molecular weight is 298 g/mol. The van der Waals surface area contributed by atoms with Crippen LogP contribution in [0.5, 0.6) is 0 Å². The predicted octanol–water partition coefficient (Wildman–Crippen LogP) is 3.17. The molecule has 0 saturated carbocycles. The van der Waals surface area contributed by atoms with Crippen molar-refractivity contribution in [3.63, 3.8) is 0 Å². The van der Waals surface area contributed by atoms with Crippen LogP contribution < -0.4 is 0 Å². The van der Waals surface area contributed by atoms with Gasteiger partial charge in [0.1, 0.15) is 0 Å². The second-order valence-corrected chi connectivity index (χ2v) is 5.38. The highest BCUT2D eigenvalue weighted by Gasteiger charge is 2.23.